The number of benzene rings is 2. The highest BCUT2D eigenvalue weighted by Crippen LogP contribution is 2.65. The van der Waals surface area contributed by atoms with Crippen LogP contribution in [0.25, 0.3) is 0 Å². The SMILES string of the molecule is O=C1[C@@H]2[C@@H]3C=C[C@H]([C@@H]4C[C@H]34)[C@H]2C(=O)N1/N=C\c1ccc(OCc2ccccc2Cl)cc1. The molecule has 2 bridgehead atoms. The number of carbonyl (C=O) groups excluding carboxylic acids is 2. The number of allylic oxidation sites excluding steroid dienone is 2. The monoisotopic (exact) mass is 432 g/mol. The molecule has 1 heterocycles. The molecule has 0 radical (unpaired) electrons. The van der Waals surface area contributed by atoms with E-state index in [9.17, 15) is 9.59 Å². The summed E-state index contributed by atoms with van der Waals surface area (Å²) in [6, 6.07) is 14.9. The van der Waals surface area contributed by atoms with Crippen molar-refractivity contribution in [2.24, 2.45) is 40.6 Å². The number of amides is 2. The van der Waals surface area contributed by atoms with Crippen molar-refractivity contribution in [3.05, 3.63) is 76.8 Å². The number of nitrogens with zero attached hydrogens (tertiary/aromatic N) is 2. The van der Waals surface area contributed by atoms with E-state index in [1.807, 2.05) is 48.5 Å². The van der Waals surface area contributed by atoms with Crippen LogP contribution in [0.3, 0.4) is 0 Å². The van der Waals surface area contributed by atoms with Crippen LogP contribution >= 0.6 is 11.6 Å². The standard InChI is InChI=1S/C25H21ClN2O3/c26-21-4-2-1-3-15(21)13-31-16-7-5-14(6-8-16)12-27-28-24(29)22-17-9-10-18(20-11-19(17)20)23(22)25(28)30/h1-10,12,17-20,22-23H,11,13H2/b27-12-/t17-,18-,19-,20+,22-,23-/m1/s1. The molecule has 2 amide bonds. The molecular formula is C25H21ClN2O3. The summed E-state index contributed by atoms with van der Waals surface area (Å²) in [5.41, 5.74) is 1.72. The predicted octanol–water partition coefficient (Wildman–Crippen LogP) is 4.31. The summed E-state index contributed by atoms with van der Waals surface area (Å²) >= 11 is 6.16. The zero-order valence-corrected chi connectivity index (χ0v) is 17.5. The number of carbonyl (C=O) groups is 2. The van der Waals surface area contributed by atoms with E-state index in [2.05, 4.69) is 17.3 Å². The van der Waals surface area contributed by atoms with Gasteiger partial charge in [0.25, 0.3) is 11.8 Å². The lowest BCUT2D eigenvalue weighted by Gasteiger charge is -2.37. The van der Waals surface area contributed by atoms with Crippen molar-refractivity contribution in [3.63, 3.8) is 0 Å². The molecule has 2 saturated carbocycles. The Morgan fingerprint density at radius 1 is 0.968 bits per heavy atom. The third kappa shape index (κ3) is 3.02. The summed E-state index contributed by atoms with van der Waals surface area (Å²) < 4.78 is 5.79. The van der Waals surface area contributed by atoms with Crippen molar-refractivity contribution < 1.29 is 14.3 Å². The lowest BCUT2D eigenvalue weighted by Crippen LogP contribution is -2.40. The van der Waals surface area contributed by atoms with E-state index in [1.165, 1.54) is 0 Å². The molecule has 7 rings (SSSR count). The fourth-order valence-corrected chi connectivity index (χ4v) is 5.80. The van der Waals surface area contributed by atoms with Crippen molar-refractivity contribution in [1.29, 1.82) is 0 Å². The second-order valence-corrected chi connectivity index (χ2v) is 9.24. The molecule has 2 aromatic rings. The zero-order chi connectivity index (χ0) is 21.1. The fraction of sp³-hybridized carbons (Fsp3) is 0.320. The van der Waals surface area contributed by atoms with Gasteiger partial charge in [0.2, 0.25) is 0 Å². The minimum atomic E-state index is -0.219. The molecule has 4 aliphatic carbocycles. The van der Waals surface area contributed by atoms with Gasteiger partial charge < -0.3 is 4.74 Å². The molecule has 3 fully saturated rings. The number of ether oxygens (including phenoxy) is 1. The van der Waals surface area contributed by atoms with Gasteiger partial charge in [0.1, 0.15) is 12.4 Å². The molecule has 156 valence electrons. The van der Waals surface area contributed by atoms with Gasteiger partial charge in [0.05, 0.1) is 18.1 Å². The van der Waals surface area contributed by atoms with Crippen molar-refractivity contribution in [2.75, 3.05) is 0 Å². The molecule has 6 atom stereocenters. The average Bonchev–Trinajstić information content (AvgIpc) is 3.57. The number of imide groups is 1. The number of rotatable bonds is 5. The van der Waals surface area contributed by atoms with E-state index in [-0.39, 0.29) is 35.5 Å². The lowest BCUT2D eigenvalue weighted by molar-refractivity contribution is -0.140. The summed E-state index contributed by atoms with van der Waals surface area (Å²) in [5.74, 6) is 1.60. The van der Waals surface area contributed by atoms with Gasteiger partial charge in [-0.25, -0.2) is 0 Å². The van der Waals surface area contributed by atoms with Crippen LogP contribution < -0.4 is 4.74 Å². The highest BCUT2D eigenvalue weighted by molar-refractivity contribution is 6.31. The first-order valence-corrected chi connectivity index (χ1v) is 11.1. The van der Waals surface area contributed by atoms with Gasteiger partial charge in [0.15, 0.2) is 0 Å². The molecule has 0 aromatic heterocycles. The second-order valence-electron chi connectivity index (χ2n) is 8.84. The van der Waals surface area contributed by atoms with Gasteiger partial charge in [-0.3, -0.25) is 9.59 Å². The van der Waals surface area contributed by atoms with Gasteiger partial charge in [-0.2, -0.15) is 10.1 Å². The number of hydrogen-bond donors (Lipinski definition) is 0. The van der Waals surface area contributed by atoms with E-state index >= 15 is 0 Å². The second kappa shape index (κ2) is 7.06. The minimum Gasteiger partial charge on any atom is -0.489 e. The Morgan fingerprint density at radius 2 is 1.61 bits per heavy atom. The summed E-state index contributed by atoms with van der Waals surface area (Å²) in [6.45, 7) is 0.380. The molecule has 31 heavy (non-hydrogen) atoms. The molecule has 2 aromatic carbocycles. The van der Waals surface area contributed by atoms with E-state index in [0.717, 1.165) is 22.6 Å². The first-order chi connectivity index (χ1) is 15.1. The Labute approximate surface area is 185 Å². The fourth-order valence-electron chi connectivity index (χ4n) is 5.61. The Hall–Kier alpha value is -2.92. The van der Waals surface area contributed by atoms with Crippen LogP contribution in [-0.2, 0) is 16.2 Å². The van der Waals surface area contributed by atoms with Crippen LogP contribution in [0.4, 0.5) is 0 Å². The van der Waals surface area contributed by atoms with Crippen LogP contribution in [0.1, 0.15) is 17.5 Å². The normalized spacial score (nSPS) is 32.5. The first kappa shape index (κ1) is 18.8. The molecule has 1 aliphatic heterocycles. The molecule has 0 spiro atoms. The number of hydrogen-bond acceptors (Lipinski definition) is 4. The Balaban J connectivity index is 1.13. The van der Waals surface area contributed by atoms with Crippen molar-refractivity contribution >= 4 is 29.6 Å². The maximum Gasteiger partial charge on any atom is 0.254 e. The highest BCUT2D eigenvalue weighted by Gasteiger charge is 2.67. The Bertz CT molecular complexity index is 1090. The summed E-state index contributed by atoms with van der Waals surface area (Å²) in [5, 5.41) is 6.05. The number of halogens is 1. The van der Waals surface area contributed by atoms with Crippen LogP contribution in [0.15, 0.2) is 65.8 Å². The molecule has 1 saturated heterocycles. The summed E-state index contributed by atoms with van der Waals surface area (Å²) in [7, 11) is 0. The van der Waals surface area contributed by atoms with Crippen molar-refractivity contribution in [3.8, 4) is 5.75 Å². The van der Waals surface area contributed by atoms with Gasteiger partial charge in [-0.1, -0.05) is 42.0 Å². The predicted molar refractivity (Wildman–Crippen MR) is 116 cm³/mol. The van der Waals surface area contributed by atoms with Crippen LogP contribution in [0, 0.1) is 35.5 Å². The third-order valence-corrected chi connectivity index (χ3v) is 7.56. The zero-order valence-electron chi connectivity index (χ0n) is 16.7. The van der Waals surface area contributed by atoms with Crippen LogP contribution in [0.2, 0.25) is 5.02 Å². The van der Waals surface area contributed by atoms with E-state index in [4.69, 9.17) is 16.3 Å². The molecular weight excluding hydrogens is 412 g/mol. The lowest BCUT2D eigenvalue weighted by atomic mass is 9.63. The van der Waals surface area contributed by atoms with Crippen LogP contribution in [0.5, 0.6) is 5.75 Å². The summed E-state index contributed by atoms with van der Waals surface area (Å²) in [6.07, 6.45) is 7.06. The maximum atomic E-state index is 13.0. The Kier molecular flexibility index (Phi) is 4.29. The quantitative estimate of drug-likeness (QED) is 0.402. The topological polar surface area (TPSA) is 59.0 Å². The van der Waals surface area contributed by atoms with Crippen molar-refractivity contribution in [2.45, 2.75) is 13.0 Å². The average molecular weight is 433 g/mol. The smallest absolute Gasteiger partial charge is 0.254 e. The third-order valence-electron chi connectivity index (χ3n) is 7.19. The Morgan fingerprint density at radius 3 is 2.26 bits per heavy atom. The van der Waals surface area contributed by atoms with E-state index in [1.54, 1.807) is 6.21 Å². The molecule has 5 aliphatic rings. The van der Waals surface area contributed by atoms with Gasteiger partial charge >= 0.3 is 0 Å². The van der Waals surface area contributed by atoms with E-state index in [0.29, 0.717) is 29.2 Å². The van der Waals surface area contributed by atoms with Crippen molar-refractivity contribution in [1.82, 2.24) is 5.01 Å². The highest BCUT2D eigenvalue weighted by atomic mass is 35.5. The maximum absolute atomic E-state index is 13.0. The first-order valence-electron chi connectivity index (χ1n) is 10.7. The van der Waals surface area contributed by atoms with E-state index < -0.39 is 0 Å². The largest absolute Gasteiger partial charge is 0.489 e. The molecule has 0 unspecified atom stereocenters. The molecule has 6 heteroatoms. The van der Waals surface area contributed by atoms with Crippen LogP contribution in [-0.4, -0.2) is 23.0 Å². The van der Waals surface area contributed by atoms with Gasteiger partial charge in [-0.15, -0.1) is 0 Å². The number of hydrazone groups is 1. The minimum absolute atomic E-state index is 0.143. The molecule has 0 N–H and O–H groups in total. The van der Waals surface area contributed by atoms with Gasteiger partial charge in [0, 0.05) is 10.6 Å². The molecule has 5 nitrogen and oxygen atoms in total. The summed E-state index contributed by atoms with van der Waals surface area (Å²) in [4.78, 5) is 25.9. The van der Waals surface area contributed by atoms with Gasteiger partial charge in [-0.05, 0) is 66.0 Å².